The number of allylic oxidation sites excluding steroid dienone is 1. The van der Waals surface area contributed by atoms with E-state index in [1.165, 1.54) is 6.92 Å². The van der Waals surface area contributed by atoms with Crippen LogP contribution in [0.15, 0.2) is 64.9 Å². The molecule has 1 amide bonds. The first-order valence-corrected chi connectivity index (χ1v) is 13.5. The van der Waals surface area contributed by atoms with Crippen molar-refractivity contribution >= 4 is 37.9 Å². The molecule has 0 bridgehead atoms. The number of amides is 1. The van der Waals surface area contributed by atoms with Crippen LogP contribution in [0.25, 0.3) is 21.9 Å². The number of fused-ring (bicyclic) bond motifs is 2. The van der Waals surface area contributed by atoms with Crippen LogP contribution in [0.4, 0.5) is 0 Å². The SMILES string of the molecule is C=C(C)S(=O)(=O)NC(=O)C[C@H](CCC)n1c(=O)n(Cc2cn(C)c3cccc(C)c23)c2ccccc21. The fraction of sp³-hybridized carbons (Fsp3) is 0.333. The van der Waals surface area contributed by atoms with E-state index in [4.69, 9.17) is 0 Å². The zero-order valence-electron chi connectivity index (χ0n) is 21.1. The first-order valence-electron chi connectivity index (χ1n) is 12.0. The van der Waals surface area contributed by atoms with Gasteiger partial charge < -0.3 is 4.57 Å². The summed E-state index contributed by atoms with van der Waals surface area (Å²) in [5.74, 6) is -0.662. The van der Waals surface area contributed by atoms with Gasteiger partial charge in [-0.15, -0.1) is 0 Å². The zero-order valence-corrected chi connectivity index (χ0v) is 21.9. The summed E-state index contributed by atoms with van der Waals surface area (Å²) in [6.07, 6.45) is 3.18. The van der Waals surface area contributed by atoms with E-state index in [2.05, 4.69) is 41.1 Å². The molecule has 0 fully saturated rings. The molecule has 0 saturated carbocycles. The molecule has 9 heteroatoms. The van der Waals surface area contributed by atoms with Crippen molar-refractivity contribution in [1.29, 1.82) is 0 Å². The highest BCUT2D eigenvalue weighted by Gasteiger charge is 2.25. The summed E-state index contributed by atoms with van der Waals surface area (Å²) < 4.78 is 31.8. The van der Waals surface area contributed by atoms with Crippen molar-refractivity contribution < 1.29 is 13.2 Å². The molecule has 0 aliphatic rings. The second-order valence-electron chi connectivity index (χ2n) is 9.34. The van der Waals surface area contributed by atoms with Gasteiger partial charge in [0.25, 0.3) is 10.0 Å². The van der Waals surface area contributed by atoms with E-state index in [-0.39, 0.29) is 17.0 Å². The quantitative estimate of drug-likeness (QED) is 0.363. The number of carbonyl (C=O) groups is 1. The summed E-state index contributed by atoms with van der Waals surface area (Å²) in [5, 5.41) is 1.12. The van der Waals surface area contributed by atoms with Gasteiger partial charge in [-0.2, -0.15) is 0 Å². The molecule has 0 aliphatic heterocycles. The predicted molar refractivity (Wildman–Crippen MR) is 143 cm³/mol. The van der Waals surface area contributed by atoms with Crippen LogP contribution in [0.1, 0.15) is 50.3 Å². The molecule has 0 unspecified atom stereocenters. The summed E-state index contributed by atoms with van der Waals surface area (Å²) in [5.41, 5.74) is 4.53. The molecule has 0 spiro atoms. The van der Waals surface area contributed by atoms with E-state index in [1.54, 1.807) is 9.13 Å². The van der Waals surface area contributed by atoms with Gasteiger partial charge in [0.1, 0.15) is 0 Å². The predicted octanol–water partition coefficient (Wildman–Crippen LogP) is 4.36. The molecule has 1 N–H and O–H groups in total. The number of aryl methyl sites for hydroxylation is 2. The van der Waals surface area contributed by atoms with Gasteiger partial charge in [-0.1, -0.05) is 44.2 Å². The Hall–Kier alpha value is -3.59. The van der Waals surface area contributed by atoms with Crippen molar-refractivity contribution in [3.05, 3.63) is 81.8 Å². The number of carbonyl (C=O) groups excluding carboxylic acids is 1. The molecular formula is C27H32N4O4S. The lowest BCUT2D eigenvalue weighted by atomic mass is 10.1. The molecule has 2 heterocycles. The number of benzene rings is 2. The number of rotatable bonds is 9. The molecule has 0 saturated heterocycles. The van der Waals surface area contributed by atoms with E-state index in [9.17, 15) is 18.0 Å². The molecule has 4 aromatic rings. The molecule has 190 valence electrons. The maximum Gasteiger partial charge on any atom is 0.329 e. The Kier molecular flexibility index (Phi) is 6.95. The number of hydrogen-bond acceptors (Lipinski definition) is 4. The van der Waals surface area contributed by atoms with Crippen LogP contribution in [0.5, 0.6) is 0 Å². The van der Waals surface area contributed by atoms with Crippen LogP contribution >= 0.6 is 0 Å². The Morgan fingerprint density at radius 3 is 2.42 bits per heavy atom. The van der Waals surface area contributed by atoms with Gasteiger partial charge in [-0.3, -0.25) is 13.9 Å². The van der Waals surface area contributed by atoms with Crippen molar-refractivity contribution in [3.8, 4) is 0 Å². The molecule has 0 aliphatic carbocycles. The second-order valence-corrected chi connectivity index (χ2v) is 11.2. The first kappa shape index (κ1) is 25.5. The van der Waals surface area contributed by atoms with E-state index in [1.807, 2.05) is 44.3 Å². The summed E-state index contributed by atoms with van der Waals surface area (Å²) in [6.45, 7) is 9.16. The Morgan fingerprint density at radius 2 is 1.75 bits per heavy atom. The van der Waals surface area contributed by atoms with Crippen LogP contribution < -0.4 is 10.4 Å². The fourth-order valence-electron chi connectivity index (χ4n) is 4.91. The molecule has 1 atom stereocenters. The molecule has 0 radical (unpaired) electrons. The smallest absolute Gasteiger partial charge is 0.329 e. The van der Waals surface area contributed by atoms with Crippen molar-refractivity contribution in [1.82, 2.24) is 18.4 Å². The molecule has 8 nitrogen and oxygen atoms in total. The second kappa shape index (κ2) is 9.81. The minimum absolute atomic E-state index is 0.137. The number of nitrogens with zero attached hydrogens (tertiary/aromatic N) is 3. The molecule has 2 aromatic carbocycles. The largest absolute Gasteiger partial charge is 0.350 e. The first-order chi connectivity index (χ1) is 17.0. The number of nitrogens with one attached hydrogen (secondary N) is 1. The molecule has 4 rings (SSSR count). The van der Waals surface area contributed by atoms with Gasteiger partial charge in [-0.05, 0) is 49.6 Å². The Bertz CT molecular complexity index is 1640. The summed E-state index contributed by atoms with van der Waals surface area (Å²) in [4.78, 5) is 26.4. The third kappa shape index (κ3) is 4.63. The summed E-state index contributed by atoms with van der Waals surface area (Å²) in [6, 6.07) is 13.2. The van der Waals surface area contributed by atoms with E-state index in [0.717, 1.165) is 34.0 Å². The van der Waals surface area contributed by atoms with Crippen LogP contribution in [0.2, 0.25) is 0 Å². The Morgan fingerprint density at radius 1 is 1.08 bits per heavy atom. The lowest BCUT2D eigenvalue weighted by Crippen LogP contribution is -2.35. The number of imidazole rings is 1. The average Bonchev–Trinajstić information content (AvgIpc) is 3.28. The highest BCUT2D eigenvalue weighted by Crippen LogP contribution is 2.27. The van der Waals surface area contributed by atoms with Crippen molar-refractivity contribution in [2.45, 2.75) is 52.6 Å². The minimum atomic E-state index is -3.94. The summed E-state index contributed by atoms with van der Waals surface area (Å²) in [7, 11) is -1.95. The van der Waals surface area contributed by atoms with Gasteiger partial charge in [0.15, 0.2) is 0 Å². The Labute approximate surface area is 210 Å². The van der Waals surface area contributed by atoms with Crippen molar-refractivity contribution in [2.24, 2.45) is 7.05 Å². The van der Waals surface area contributed by atoms with Gasteiger partial charge >= 0.3 is 5.69 Å². The number of para-hydroxylation sites is 2. The van der Waals surface area contributed by atoms with E-state index >= 15 is 0 Å². The van der Waals surface area contributed by atoms with Gasteiger partial charge in [0, 0.05) is 36.6 Å². The third-order valence-corrected chi connectivity index (χ3v) is 8.03. The lowest BCUT2D eigenvalue weighted by Gasteiger charge is -2.18. The van der Waals surface area contributed by atoms with E-state index < -0.39 is 22.0 Å². The van der Waals surface area contributed by atoms with E-state index in [0.29, 0.717) is 18.5 Å². The fourth-order valence-corrected chi connectivity index (χ4v) is 5.47. The molecule has 36 heavy (non-hydrogen) atoms. The third-order valence-electron chi connectivity index (χ3n) is 6.61. The van der Waals surface area contributed by atoms with Crippen LogP contribution in [0, 0.1) is 6.92 Å². The van der Waals surface area contributed by atoms with Crippen LogP contribution in [-0.2, 0) is 28.4 Å². The van der Waals surface area contributed by atoms with Crippen LogP contribution in [0.3, 0.4) is 0 Å². The van der Waals surface area contributed by atoms with Gasteiger partial charge in [0.05, 0.1) is 22.5 Å². The molecular weight excluding hydrogens is 476 g/mol. The standard InChI is InChI=1S/C27H32N4O4S/c1-6-10-21(15-25(32)28-36(34,35)18(2)3)31-23-13-8-7-12-22(23)30(27(31)33)17-20-16-29(5)24-14-9-11-19(4)26(20)24/h7-9,11-14,16,21H,2,6,10,15,17H2,1,3-5H3,(H,28,32)/t21-/m0/s1. The lowest BCUT2D eigenvalue weighted by molar-refractivity contribution is -0.120. The number of hydrogen-bond donors (Lipinski definition) is 1. The van der Waals surface area contributed by atoms with Gasteiger partial charge in [-0.25, -0.2) is 17.9 Å². The maximum atomic E-state index is 13.9. The van der Waals surface area contributed by atoms with Crippen molar-refractivity contribution in [3.63, 3.8) is 0 Å². The zero-order chi connectivity index (χ0) is 26.2. The minimum Gasteiger partial charge on any atom is -0.350 e. The normalized spacial score (nSPS) is 12.8. The highest BCUT2D eigenvalue weighted by atomic mass is 32.2. The number of aromatic nitrogens is 3. The topological polar surface area (TPSA) is 95.1 Å². The van der Waals surface area contributed by atoms with Gasteiger partial charge in [0.2, 0.25) is 5.91 Å². The molecule has 2 aromatic heterocycles. The summed E-state index contributed by atoms with van der Waals surface area (Å²) >= 11 is 0. The Balaban J connectivity index is 1.80. The number of sulfonamides is 1. The van der Waals surface area contributed by atoms with Crippen molar-refractivity contribution in [2.75, 3.05) is 0 Å². The average molecular weight is 509 g/mol. The van der Waals surface area contributed by atoms with Crippen LogP contribution in [-0.4, -0.2) is 28.0 Å². The maximum absolute atomic E-state index is 13.9. The monoisotopic (exact) mass is 508 g/mol. The highest BCUT2D eigenvalue weighted by molar-refractivity contribution is 7.93.